The molecule has 0 N–H and O–H groups in total. The summed E-state index contributed by atoms with van der Waals surface area (Å²) in [7, 11) is 0. The van der Waals surface area contributed by atoms with Crippen molar-refractivity contribution in [2.75, 3.05) is 0 Å². The minimum absolute atomic E-state index is 1.26. The molecule has 7 aromatic rings. The maximum Gasteiger partial charge on any atom is -0.00987 e. The van der Waals surface area contributed by atoms with Crippen molar-refractivity contribution in [3.8, 4) is 22.3 Å². The van der Waals surface area contributed by atoms with Gasteiger partial charge in [0.05, 0.1) is 0 Å². The zero-order valence-electron chi connectivity index (χ0n) is 19.6. The number of rotatable bonds is 2. The summed E-state index contributed by atoms with van der Waals surface area (Å²) in [6.45, 7) is 2.21. The van der Waals surface area contributed by atoms with Crippen molar-refractivity contribution < 1.29 is 0 Å². The fraction of sp³-hybridized carbons (Fsp3) is 0.0286. The second kappa shape index (κ2) is 7.82. The standard InChI is InChI=1S/C35H24/c1-23-18-26(34-21-24-10-2-4-12-28(24)30-14-6-8-16-32(30)34)20-27(19-23)35-22-25-11-3-5-13-29(25)31-15-7-9-17-33(31)35/h2-22H,1H3. The molecular weight excluding hydrogens is 420 g/mol. The number of benzene rings is 7. The Hall–Kier alpha value is -4.42. The summed E-state index contributed by atoms with van der Waals surface area (Å²) in [6, 6.07) is 46.7. The van der Waals surface area contributed by atoms with Crippen LogP contribution in [0.1, 0.15) is 5.56 Å². The van der Waals surface area contributed by atoms with E-state index < -0.39 is 0 Å². The third-order valence-corrected chi connectivity index (χ3v) is 7.24. The smallest absolute Gasteiger partial charge is 0.00987 e. The molecule has 0 bridgehead atoms. The molecule has 35 heavy (non-hydrogen) atoms. The monoisotopic (exact) mass is 444 g/mol. The molecule has 0 aliphatic heterocycles. The van der Waals surface area contributed by atoms with Crippen LogP contribution < -0.4 is 0 Å². The Morgan fingerprint density at radius 1 is 0.343 bits per heavy atom. The van der Waals surface area contributed by atoms with Gasteiger partial charge >= 0.3 is 0 Å². The fourth-order valence-corrected chi connectivity index (χ4v) is 5.68. The highest BCUT2D eigenvalue weighted by molar-refractivity contribution is 6.15. The van der Waals surface area contributed by atoms with Gasteiger partial charge < -0.3 is 0 Å². The topological polar surface area (TPSA) is 0 Å². The third kappa shape index (κ3) is 3.22. The van der Waals surface area contributed by atoms with E-state index >= 15 is 0 Å². The van der Waals surface area contributed by atoms with E-state index in [0.717, 1.165) is 0 Å². The van der Waals surface area contributed by atoms with E-state index in [1.807, 2.05) is 0 Å². The van der Waals surface area contributed by atoms with Gasteiger partial charge in [-0.1, -0.05) is 109 Å². The van der Waals surface area contributed by atoms with Crippen LogP contribution in [0.3, 0.4) is 0 Å². The van der Waals surface area contributed by atoms with Gasteiger partial charge in [-0.15, -0.1) is 0 Å². The van der Waals surface area contributed by atoms with Crippen LogP contribution in [-0.2, 0) is 0 Å². The van der Waals surface area contributed by atoms with Crippen LogP contribution in [0.25, 0.3) is 65.3 Å². The number of fused-ring (bicyclic) bond motifs is 6. The third-order valence-electron chi connectivity index (χ3n) is 7.24. The number of hydrogen-bond donors (Lipinski definition) is 0. The Morgan fingerprint density at radius 2 is 0.714 bits per heavy atom. The fourth-order valence-electron chi connectivity index (χ4n) is 5.68. The van der Waals surface area contributed by atoms with Crippen LogP contribution in [0.2, 0.25) is 0 Å². The van der Waals surface area contributed by atoms with Crippen LogP contribution in [0.4, 0.5) is 0 Å². The average molecular weight is 445 g/mol. The molecule has 164 valence electrons. The summed E-state index contributed by atoms with van der Waals surface area (Å²) in [6.07, 6.45) is 0. The van der Waals surface area contributed by atoms with Crippen molar-refractivity contribution in [2.24, 2.45) is 0 Å². The SMILES string of the molecule is Cc1cc(-c2cc3ccccc3c3ccccc23)cc(-c2cc3ccccc3c3ccccc23)c1. The number of hydrogen-bond acceptors (Lipinski definition) is 0. The summed E-state index contributed by atoms with van der Waals surface area (Å²) in [5.74, 6) is 0. The van der Waals surface area contributed by atoms with Gasteiger partial charge in [0.25, 0.3) is 0 Å². The lowest BCUT2D eigenvalue weighted by molar-refractivity contribution is 1.47. The molecule has 0 nitrogen and oxygen atoms in total. The van der Waals surface area contributed by atoms with Gasteiger partial charge in [0.1, 0.15) is 0 Å². The van der Waals surface area contributed by atoms with Crippen LogP contribution in [0.5, 0.6) is 0 Å². The van der Waals surface area contributed by atoms with Gasteiger partial charge in [-0.25, -0.2) is 0 Å². The van der Waals surface area contributed by atoms with E-state index in [1.54, 1.807) is 0 Å². The Balaban J connectivity index is 1.54. The predicted octanol–water partition coefficient (Wildman–Crippen LogP) is 9.94. The molecule has 0 spiro atoms. The van der Waals surface area contributed by atoms with Crippen molar-refractivity contribution >= 4 is 43.1 Å². The highest BCUT2D eigenvalue weighted by Crippen LogP contribution is 2.39. The minimum Gasteiger partial charge on any atom is -0.0616 e. The van der Waals surface area contributed by atoms with Gasteiger partial charge in [-0.2, -0.15) is 0 Å². The van der Waals surface area contributed by atoms with Gasteiger partial charge in [0.15, 0.2) is 0 Å². The summed E-state index contributed by atoms with van der Waals surface area (Å²) in [4.78, 5) is 0. The normalized spacial score (nSPS) is 11.6. The van der Waals surface area contributed by atoms with E-state index in [9.17, 15) is 0 Å². The van der Waals surface area contributed by atoms with Crippen molar-refractivity contribution in [1.82, 2.24) is 0 Å². The maximum atomic E-state index is 2.38. The first-order valence-corrected chi connectivity index (χ1v) is 12.2. The van der Waals surface area contributed by atoms with E-state index in [-0.39, 0.29) is 0 Å². The zero-order valence-corrected chi connectivity index (χ0v) is 19.6. The maximum absolute atomic E-state index is 2.38. The second-order valence-electron chi connectivity index (χ2n) is 9.47. The Morgan fingerprint density at radius 3 is 1.17 bits per heavy atom. The van der Waals surface area contributed by atoms with E-state index in [0.29, 0.717) is 0 Å². The predicted molar refractivity (Wildman–Crippen MR) is 152 cm³/mol. The summed E-state index contributed by atoms with van der Waals surface area (Å²) in [5, 5.41) is 10.4. The lowest BCUT2D eigenvalue weighted by Gasteiger charge is -2.15. The van der Waals surface area contributed by atoms with Crippen LogP contribution in [0.15, 0.2) is 127 Å². The molecule has 0 aliphatic carbocycles. The number of aryl methyl sites for hydroxylation is 1. The summed E-state index contributed by atoms with van der Waals surface area (Å²) < 4.78 is 0. The highest BCUT2D eigenvalue weighted by atomic mass is 14.2. The molecule has 0 aromatic heterocycles. The molecule has 7 rings (SSSR count). The zero-order chi connectivity index (χ0) is 23.4. The van der Waals surface area contributed by atoms with Crippen LogP contribution in [0, 0.1) is 6.92 Å². The Bertz CT molecular complexity index is 1770. The van der Waals surface area contributed by atoms with Gasteiger partial charge in [-0.05, 0) is 96.0 Å². The Labute approximate surface area is 205 Å². The molecule has 0 amide bonds. The first-order chi connectivity index (χ1) is 17.3. The van der Waals surface area contributed by atoms with Crippen molar-refractivity contribution in [2.45, 2.75) is 6.92 Å². The summed E-state index contributed by atoms with van der Waals surface area (Å²) in [5.41, 5.74) is 6.37. The lowest BCUT2D eigenvalue weighted by Crippen LogP contribution is -1.89. The second-order valence-corrected chi connectivity index (χ2v) is 9.47. The molecule has 0 fully saturated rings. The molecule has 0 radical (unpaired) electrons. The molecule has 0 unspecified atom stereocenters. The van der Waals surface area contributed by atoms with Gasteiger partial charge in [-0.3, -0.25) is 0 Å². The highest BCUT2D eigenvalue weighted by Gasteiger charge is 2.13. The van der Waals surface area contributed by atoms with Crippen LogP contribution >= 0.6 is 0 Å². The quantitative estimate of drug-likeness (QED) is 0.233. The molecule has 0 aliphatic rings. The molecule has 0 atom stereocenters. The van der Waals surface area contributed by atoms with Crippen LogP contribution in [-0.4, -0.2) is 0 Å². The molecule has 0 saturated carbocycles. The molecule has 0 heteroatoms. The molecule has 7 aromatic carbocycles. The molecule has 0 saturated heterocycles. The first-order valence-electron chi connectivity index (χ1n) is 12.2. The van der Waals surface area contributed by atoms with E-state index in [1.165, 1.54) is 70.9 Å². The lowest BCUT2D eigenvalue weighted by atomic mass is 9.88. The van der Waals surface area contributed by atoms with E-state index in [2.05, 4.69) is 134 Å². The van der Waals surface area contributed by atoms with Crippen molar-refractivity contribution in [3.05, 3.63) is 133 Å². The molecular formula is C35H24. The summed E-state index contributed by atoms with van der Waals surface area (Å²) >= 11 is 0. The Kier molecular flexibility index (Phi) is 4.47. The molecule has 0 heterocycles. The minimum atomic E-state index is 1.26. The largest absolute Gasteiger partial charge is 0.0616 e. The van der Waals surface area contributed by atoms with Gasteiger partial charge in [0.2, 0.25) is 0 Å². The van der Waals surface area contributed by atoms with Crippen molar-refractivity contribution in [1.29, 1.82) is 0 Å². The first kappa shape index (κ1) is 20.0. The average Bonchev–Trinajstić information content (AvgIpc) is 2.92. The van der Waals surface area contributed by atoms with Gasteiger partial charge in [0, 0.05) is 0 Å². The van der Waals surface area contributed by atoms with Crippen molar-refractivity contribution in [3.63, 3.8) is 0 Å². The van der Waals surface area contributed by atoms with E-state index in [4.69, 9.17) is 0 Å².